The van der Waals surface area contributed by atoms with Crippen LogP contribution in [-0.2, 0) is 24.3 Å². The lowest BCUT2D eigenvalue weighted by Crippen LogP contribution is -2.51. The summed E-state index contributed by atoms with van der Waals surface area (Å²) >= 11 is 0. The lowest BCUT2D eigenvalue weighted by Gasteiger charge is -2.35. The molecule has 2 aliphatic rings. The van der Waals surface area contributed by atoms with Crippen LogP contribution in [0.1, 0.15) is 25.7 Å². The highest BCUT2D eigenvalue weighted by molar-refractivity contribution is 7.89. The van der Waals surface area contributed by atoms with Gasteiger partial charge in [0, 0.05) is 19.6 Å². The number of sulfonamides is 1. The molecule has 3 N–H and O–H groups in total. The average Bonchev–Trinajstić information content (AvgIpc) is 2.78. The predicted octanol–water partition coefficient (Wildman–Crippen LogP) is 0.241. The SMILES string of the molecule is O=C(C[C@@H]1CC[C@H](NS(=O)(=O)c2ccccc2F)[C@H](CO)O1)NCCCN1CCOCC1. The molecule has 180 valence electrons. The zero-order valence-corrected chi connectivity index (χ0v) is 18.9. The van der Waals surface area contributed by atoms with E-state index in [0.717, 1.165) is 45.3 Å². The summed E-state index contributed by atoms with van der Waals surface area (Å²) in [6.07, 6.45) is 0.567. The fourth-order valence-corrected chi connectivity index (χ4v) is 5.35. The van der Waals surface area contributed by atoms with Gasteiger partial charge in [-0.15, -0.1) is 0 Å². The van der Waals surface area contributed by atoms with E-state index in [2.05, 4.69) is 14.9 Å². The Morgan fingerprint density at radius 1 is 1.22 bits per heavy atom. The highest BCUT2D eigenvalue weighted by Crippen LogP contribution is 2.24. The topological polar surface area (TPSA) is 117 Å². The first-order valence-electron chi connectivity index (χ1n) is 11.0. The van der Waals surface area contributed by atoms with E-state index >= 15 is 0 Å². The van der Waals surface area contributed by atoms with Crippen molar-refractivity contribution in [1.82, 2.24) is 14.9 Å². The molecule has 0 aliphatic carbocycles. The van der Waals surface area contributed by atoms with Gasteiger partial charge in [0.05, 0.1) is 44.5 Å². The molecule has 0 spiro atoms. The average molecular weight is 474 g/mol. The minimum absolute atomic E-state index is 0.140. The lowest BCUT2D eigenvalue weighted by atomic mass is 9.98. The normalized spacial score (nSPS) is 24.9. The Balaban J connectivity index is 1.42. The molecule has 1 amide bonds. The zero-order valence-electron chi connectivity index (χ0n) is 18.0. The molecular formula is C21H32FN3O6S. The van der Waals surface area contributed by atoms with Crippen LogP contribution in [0, 0.1) is 5.82 Å². The maximum Gasteiger partial charge on any atom is 0.243 e. The third-order valence-corrected chi connectivity index (χ3v) is 7.24. The smallest absolute Gasteiger partial charge is 0.243 e. The number of hydrogen-bond acceptors (Lipinski definition) is 7. The molecular weight excluding hydrogens is 441 g/mol. The molecule has 2 heterocycles. The third-order valence-electron chi connectivity index (χ3n) is 5.72. The van der Waals surface area contributed by atoms with Crippen molar-refractivity contribution >= 4 is 15.9 Å². The number of ether oxygens (including phenoxy) is 2. The molecule has 3 atom stereocenters. The molecule has 2 aliphatic heterocycles. The first kappa shape index (κ1) is 25.0. The van der Waals surface area contributed by atoms with Gasteiger partial charge in [-0.2, -0.15) is 0 Å². The molecule has 0 saturated carbocycles. The molecule has 11 heteroatoms. The van der Waals surface area contributed by atoms with E-state index in [0.29, 0.717) is 19.4 Å². The van der Waals surface area contributed by atoms with E-state index in [4.69, 9.17) is 9.47 Å². The quantitative estimate of drug-likeness (QED) is 0.417. The maximum absolute atomic E-state index is 13.9. The Bertz CT molecular complexity index is 850. The van der Waals surface area contributed by atoms with Gasteiger partial charge in [-0.05, 0) is 37.9 Å². The van der Waals surface area contributed by atoms with E-state index in [1.165, 1.54) is 18.2 Å². The van der Waals surface area contributed by atoms with Crippen molar-refractivity contribution in [3.8, 4) is 0 Å². The zero-order chi connectivity index (χ0) is 23.0. The van der Waals surface area contributed by atoms with Crippen molar-refractivity contribution in [3.63, 3.8) is 0 Å². The lowest BCUT2D eigenvalue weighted by molar-refractivity contribution is -0.130. The molecule has 2 fully saturated rings. The van der Waals surface area contributed by atoms with Crippen LogP contribution in [0.3, 0.4) is 0 Å². The van der Waals surface area contributed by atoms with Crippen LogP contribution in [-0.4, -0.2) is 88.6 Å². The summed E-state index contributed by atoms with van der Waals surface area (Å²) in [5, 5.41) is 12.6. The highest BCUT2D eigenvalue weighted by atomic mass is 32.2. The molecule has 3 rings (SSSR count). The molecule has 2 saturated heterocycles. The number of benzene rings is 1. The highest BCUT2D eigenvalue weighted by Gasteiger charge is 2.35. The summed E-state index contributed by atoms with van der Waals surface area (Å²) in [5.74, 6) is -0.987. The summed E-state index contributed by atoms with van der Waals surface area (Å²) in [4.78, 5) is 14.1. The summed E-state index contributed by atoms with van der Waals surface area (Å²) < 4.78 is 52.5. The number of morpholine rings is 1. The van der Waals surface area contributed by atoms with Crippen molar-refractivity contribution in [2.75, 3.05) is 46.0 Å². The van der Waals surface area contributed by atoms with E-state index in [9.17, 15) is 22.7 Å². The van der Waals surface area contributed by atoms with Crippen LogP contribution < -0.4 is 10.0 Å². The Morgan fingerprint density at radius 2 is 1.97 bits per heavy atom. The Morgan fingerprint density at radius 3 is 2.69 bits per heavy atom. The van der Waals surface area contributed by atoms with Gasteiger partial charge in [0.1, 0.15) is 10.7 Å². The van der Waals surface area contributed by atoms with Gasteiger partial charge in [-0.3, -0.25) is 9.69 Å². The number of aliphatic hydroxyl groups excluding tert-OH is 1. The molecule has 9 nitrogen and oxygen atoms in total. The Kier molecular flexibility index (Phi) is 9.38. The Hall–Kier alpha value is -1.63. The summed E-state index contributed by atoms with van der Waals surface area (Å²) in [7, 11) is -4.11. The van der Waals surface area contributed by atoms with Crippen LogP contribution in [0.5, 0.6) is 0 Å². The molecule has 1 aromatic rings. The van der Waals surface area contributed by atoms with Gasteiger partial charge in [-0.1, -0.05) is 12.1 Å². The summed E-state index contributed by atoms with van der Waals surface area (Å²) in [6.45, 7) is 4.37. The minimum atomic E-state index is -4.11. The number of nitrogens with one attached hydrogen (secondary N) is 2. The summed E-state index contributed by atoms with van der Waals surface area (Å²) in [5.41, 5.74) is 0. The van der Waals surface area contributed by atoms with E-state index in [1.54, 1.807) is 0 Å². The van der Waals surface area contributed by atoms with Crippen molar-refractivity contribution in [3.05, 3.63) is 30.1 Å². The fourth-order valence-electron chi connectivity index (χ4n) is 3.98. The third kappa shape index (κ3) is 7.19. The number of amides is 1. The first-order valence-corrected chi connectivity index (χ1v) is 12.5. The molecule has 0 bridgehead atoms. The second-order valence-corrected chi connectivity index (χ2v) is 9.76. The number of hydrogen-bond donors (Lipinski definition) is 3. The maximum atomic E-state index is 13.9. The monoisotopic (exact) mass is 473 g/mol. The van der Waals surface area contributed by atoms with Crippen LogP contribution >= 0.6 is 0 Å². The van der Waals surface area contributed by atoms with Gasteiger partial charge < -0.3 is 19.9 Å². The Labute approximate surface area is 188 Å². The van der Waals surface area contributed by atoms with Gasteiger partial charge in [0.2, 0.25) is 15.9 Å². The second kappa shape index (κ2) is 12.0. The van der Waals surface area contributed by atoms with Crippen LogP contribution in [0.2, 0.25) is 0 Å². The minimum Gasteiger partial charge on any atom is -0.394 e. The van der Waals surface area contributed by atoms with Gasteiger partial charge in [0.25, 0.3) is 0 Å². The molecule has 0 radical (unpaired) electrons. The summed E-state index contributed by atoms with van der Waals surface area (Å²) in [6, 6.07) is 4.39. The molecule has 0 unspecified atom stereocenters. The van der Waals surface area contributed by atoms with E-state index in [1.807, 2.05) is 0 Å². The van der Waals surface area contributed by atoms with Crippen molar-refractivity contribution in [2.45, 2.75) is 48.8 Å². The van der Waals surface area contributed by atoms with Gasteiger partial charge in [-0.25, -0.2) is 17.5 Å². The standard InChI is InChI=1S/C21H32FN3O6S/c22-17-4-1-2-5-20(17)32(28,29)24-18-7-6-16(31-19(18)15-26)14-21(27)23-8-3-9-25-10-12-30-13-11-25/h1-2,4-5,16,18-19,24,26H,3,6-15H2,(H,23,27)/t16-,18-,19-/m0/s1. The van der Waals surface area contributed by atoms with E-state index in [-0.39, 0.29) is 12.3 Å². The van der Waals surface area contributed by atoms with Crippen molar-refractivity contribution in [2.24, 2.45) is 0 Å². The molecule has 0 aromatic heterocycles. The molecule has 32 heavy (non-hydrogen) atoms. The van der Waals surface area contributed by atoms with Crippen LogP contribution in [0.25, 0.3) is 0 Å². The fraction of sp³-hybridized carbons (Fsp3) is 0.667. The molecule has 1 aromatic carbocycles. The number of carbonyl (C=O) groups is 1. The van der Waals surface area contributed by atoms with Crippen molar-refractivity contribution in [1.29, 1.82) is 0 Å². The number of aliphatic hydroxyl groups is 1. The number of rotatable bonds is 10. The van der Waals surface area contributed by atoms with Crippen molar-refractivity contribution < 1.29 is 32.2 Å². The predicted molar refractivity (Wildman–Crippen MR) is 115 cm³/mol. The number of halogens is 1. The van der Waals surface area contributed by atoms with Gasteiger partial charge in [0.15, 0.2) is 0 Å². The van der Waals surface area contributed by atoms with Gasteiger partial charge >= 0.3 is 0 Å². The largest absolute Gasteiger partial charge is 0.394 e. The van der Waals surface area contributed by atoms with Crippen LogP contribution in [0.4, 0.5) is 4.39 Å². The second-order valence-electron chi connectivity index (χ2n) is 8.08. The number of carbonyl (C=O) groups excluding carboxylic acids is 1. The number of nitrogens with zero attached hydrogens (tertiary/aromatic N) is 1. The van der Waals surface area contributed by atoms with E-state index < -0.39 is 45.6 Å². The first-order chi connectivity index (χ1) is 15.4. The van der Waals surface area contributed by atoms with Crippen LogP contribution in [0.15, 0.2) is 29.2 Å².